The number of aliphatic hydroxyl groups is 1. The van der Waals surface area contributed by atoms with Gasteiger partial charge in [-0.05, 0) is 72.1 Å². The highest BCUT2D eigenvalue weighted by atomic mass is 79.9. The zero-order chi connectivity index (χ0) is 23.1. The molecule has 0 aromatic heterocycles. The lowest BCUT2D eigenvalue weighted by Gasteiger charge is -2.28. The number of β-amino-alcohol motifs (C(OH)–C–C–N with tert-alkyl or cyclic N) is 1. The summed E-state index contributed by atoms with van der Waals surface area (Å²) in [6, 6.07) is 13.9. The maximum Gasteiger partial charge on any atom is 0.240 e. The number of hydrazone groups is 1. The summed E-state index contributed by atoms with van der Waals surface area (Å²) in [6.07, 6.45) is 0.498. The number of carbonyl (C=O) groups is 1. The van der Waals surface area contributed by atoms with Crippen LogP contribution < -0.4 is 20.8 Å². The van der Waals surface area contributed by atoms with Gasteiger partial charge >= 0.3 is 0 Å². The fourth-order valence-corrected chi connectivity index (χ4v) is 3.57. The highest BCUT2D eigenvalue weighted by molar-refractivity contribution is 9.10. The lowest BCUT2D eigenvalue weighted by Crippen LogP contribution is -2.49. The highest BCUT2D eigenvalue weighted by Crippen LogP contribution is 2.25. The number of nitrogens with one attached hydrogen (secondary N) is 3. The van der Waals surface area contributed by atoms with Crippen molar-refractivity contribution in [2.75, 3.05) is 25.0 Å². The molecule has 4 N–H and O–H groups in total. The van der Waals surface area contributed by atoms with E-state index >= 15 is 0 Å². The first-order valence-electron chi connectivity index (χ1n) is 10.7. The van der Waals surface area contributed by atoms with Crippen LogP contribution in [0.15, 0.2) is 52.0 Å². The quantitative estimate of drug-likeness (QED) is 0.398. The van der Waals surface area contributed by atoms with E-state index in [1.54, 1.807) is 0 Å². The topological polar surface area (TPSA) is 95.0 Å². The molecule has 1 unspecified atom stereocenters. The highest BCUT2D eigenvalue weighted by Gasteiger charge is 2.19. The van der Waals surface area contributed by atoms with Gasteiger partial charge in [0.1, 0.15) is 18.5 Å². The Kier molecular flexibility index (Phi) is 8.28. The molecule has 0 saturated carbocycles. The van der Waals surface area contributed by atoms with E-state index in [9.17, 15) is 9.90 Å². The van der Waals surface area contributed by atoms with Gasteiger partial charge in [0, 0.05) is 37.2 Å². The van der Waals surface area contributed by atoms with Gasteiger partial charge in [-0.25, -0.2) is 5.43 Å². The SMILES string of the molecule is Cc1ccc(Br)c(OCC(O)CNC(C)(C)CNc2ccc(C3=NNC(=O)CC3)cc2)c1. The molecule has 2 aromatic carbocycles. The van der Waals surface area contributed by atoms with Gasteiger partial charge in [-0.3, -0.25) is 4.79 Å². The number of rotatable bonds is 10. The van der Waals surface area contributed by atoms with Crippen molar-refractivity contribution in [1.82, 2.24) is 10.7 Å². The molecule has 0 aliphatic carbocycles. The predicted octanol–water partition coefficient (Wildman–Crippen LogP) is 3.59. The first-order chi connectivity index (χ1) is 15.2. The summed E-state index contributed by atoms with van der Waals surface area (Å²) >= 11 is 3.47. The Hall–Kier alpha value is -2.42. The van der Waals surface area contributed by atoms with E-state index in [2.05, 4.69) is 50.9 Å². The van der Waals surface area contributed by atoms with Crippen LogP contribution in [-0.2, 0) is 4.79 Å². The lowest BCUT2D eigenvalue weighted by atomic mass is 10.0. The number of anilines is 1. The molecule has 0 fully saturated rings. The Morgan fingerprint density at radius 3 is 2.66 bits per heavy atom. The fourth-order valence-electron chi connectivity index (χ4n) is 3.21. The third kappa shape index (κ3) is 7.32. The number of benzene rings is 2. The number of aryl methyl sites for hydroxylation is 1. The lowest BCUT2D eigenvalue weighted by molar-refractivity contribution is -0.121. The second-order valence-corrected chi connectivity index (χ2v) is 9.54. The summed E-state index contributed by atoms with van der Waals surface area (Å²) in [7, 11) is 0. The van der Waals surface area contributed by atoms with E-state index in [0.29, 0.717) is 25.9 Å². The molecule has 8 heteroatoms. The molecular formula is C24H31BrN4O3. The summed E-state index contributed by atoms with van der Waals surface area (Å²) in [5, 5.41) is 21.3. The number of nitrogens with zero attached hydrogens (tertiary/aromatic N) is 1. The largest absolute Gasteiger partial charge is 0.490 e. The van der Waals surface area contributed by atoms with Crippen LogP contribution in [0.25, 0.3) is 0 Å². The molecular weight excluding hydrogens is 472 g/mol. The Morgan fingerprint density at radius 1 is 1.22 bits per heavy atom. The number of ether oxygens (including phenoxy) is 1. The standard InChI is InChI=1S/C24H31BrN4O3/c1-16-4-9-20(25)22(12-16)32-14-19(30)13-27-24(2,3)15-26-18-7-5-17(6-8-18)21-10-11-23(31)29-28-21/h4-9,12,19,26-27,30H,10-11,13-15H2,1-3H3,(H,29,31). The zero-order valence-corrected chi connectivity index (χ0v) is 20.3. The van der Waals surface area contributed by atoms with Crippen LogP contribution in [0.2, 0.25) is 0 Å². The Morgan fingerprint density at radius 2 is 1.97 bits per heavy atom. The zero-order valence-electron chi connectivity index (χ0n) is 18.7. The molecule has 172 valence electrons. The van der Waals surface area contributed by atoms with Crippen molar-refractivity contribution in [1.29, 1.82) is 0 Å². The van der Waals surface area contributed by atoms with Crippen molar-refractivity contribution in [3.8, 4) is 5.75 Å². The summed E-state index contributed by atoms with van der Waals surface area (Å²) < 4.78 is 6.63. The molecule has 2 aromatic rings. The van der Waals surface area contributed by atoms with Crippen molar-refractivity contribution in [3.63, 3.8) is 0 Å². The third-order valence-corrected chi connectivity index (χ3v) is 5.85. The van der Waals surface area contributed by atoms with Crippen LogP contribution in [0, 0.1) is 6.92 Å². The first-order valence-corrected chi connectivity index (χ1v) is 11.5. The van der Waals surface area contributed by atoms with Gasteiger partial charge in [-0.15, -0.1) is 0 Å². The summed E-state index contributed by atoms with van der Waals surface area (Å²) in [6.45, 7) is 7.48. The predicted molar refractivity (Wildman–Crippen MR) is 131 cm³/mol. The number of halogens is 1. The Bertz CT molecular complexity index is 960. The monoisotopic (exact) mass is 502 g/mol. The first kappa shape index (κ1) is 24.2. The molecule has 0 saturated heterocycles. The van der Waals surface area contributed by atoms with E-state index in [4.69, 9.17) is 4.74 Å². The second-order valence-electron chi connectivity index (χ2n) is 8.69. The number of hydrogen-bond donors (Lipinski definition) is 4. The third-order valence-electron chi connectivity index (χ3n) is 5.19. The molecule has 32 heavy (non-hydrogen) atoms. The molecule has 1 heterocycles. The van der Waals surface area contributed by atoms with Gasteiger partial charge in [0.25, 0.3) is 0 Å². The smallest absolute Gasteiger partial charge is 0.240 e. The van der Waals surface area contributed by atoms with Crippen LogP contribution >= 0.6 is 15.9 Å². The molecule has 0 spiro atoms. The Labute approximate surface area is 197 Å². The van der Waals surface area contributed by atoms with Crippen molar-refractivity contribution in [2.45, 2.75) is 45.3 Å². The molecule has 3 rings (SSSR count). The molecule has 1 aliphatic heterocycles. The summed E-state index contributed by atoms with van der Waals surface area (Å²) in [4.78, 5) is 11.2. The van der Waals surface area contributed by atoms with Crippen LogP contribution in [0.1, 0.15) is 37.8 Å². The van der Waals surface area contributed by atoms with E-state index in [-0.39, 0.29) is 18.1 Å². The maximum absolute atomic E-state index is 11.2. The van der Waals surface area contributed by atoms with Gasteiger partial charge in [0.15, 0.2) is 0 Å². The second kappa shape index (κ2) is 10.9. The van der Waals surface area contributed by atoms with Gasteiger partial charge in [-0.2, -0.15) is 5.10 Å². The molecule has 1 aliphatic rings. The average molecular weight is 503 g/mol. The Balaban J connectivity index is 1.42. The fraction of sp³-hybridized carbons (Fsp3) is 0.417. The van der Waals surface area contributed by atoms with Crippen molar-refractivity contribution in [2.24, 2.45) is 5.10 Å². The van der Waals surface area contributed by atoms with Crippen LogP contribution in [-0.4, -0.2) is 48.1 Å². The van der Waals surface area contributed by atoms with Gasteiger partial charge < -0.3 is 20.5 Å². The maximum atomic E-state index is 11.2. The van der Waals surface area contributed by atoms with Crippen LogP contribution in [0.5, 0.6) is 5.75 Å². The molecule has 0 radical (unpaired) electrons. The minimum Gasteiger partial charge on any atom is -0.490 e. The number of amides is 1. The summed E-state index contributed by atoms with van der Waals surface area (Å²) in [5.41, 5.74) is 6.30. The molecule has 0 bridgehead atoms. The van der Waals surface area contributed by atoms with E-state index in [1.165, 1.54) is 0 Å². The minimum absolute atomic E-state index is 0.0403. The number of hydrogen-bond acceptors (Lipinski definition) is 6. The van der Waals surface area contributed by atoms with Crippen LogP contribution in [0.3, 0.4) is 0 Å². The van der Waals surface area contributed by atoms with E-state index in [0.717, 1.165) is 32.7 Å². The van der Waals surface area contributed by atoms with E-state index < -0.39 is 6.10 Å². The van der Waals surface area contributed by atoms with Gasteiger partial charge in [0.2, 0.25) is 5.91 Å². The van der Waals surface area contributed by atoms with Crippen LogP contribution in [0.4, 0.5) is 5.69 Å². The average Bonchev–Trinajstić information content (AvgIpc) is 2.78. The number of aliphatic hydroxyl groups excluding tert-OH is 1. The number of carbonyl (C=O) groups excluding carboxylic acids is 1. The molecule has 1 atom stereocenters. The van der Waals surface area contributed by atoms with Crippen molar-refractivity contribution < 1.29 is 14.6 Å². The van der Waals surface area contributed by atoms with Gasteiger partial charge in [-0.1, -0.05) is 18.2 Å². The molecule has 1 amide bonds. The van der Waals surface area contributed by atoms with Crippen molar-refractivity contribution >= 4 is 33.2 Å². The summed E-state index contributed by atoms with van der Waals surface area (Å²) in [5.74, 6) is 0.691. The normalized spacial score (nSPS) is 15.0. The van der Waals surface area contributed by atoms with E-state index in [1.807, 2.05) is 49.4 Å². The minimum atomic E-state index is -0.627. The van der Waals surface area contributed by atoms with Crippen molar-refractivity contribution in [3.05, 3.63) is 58.1 Å². The van der Waals surface area contributed by atoms with Gasteiger partial charge in [0.05, 0.1) is 10.2 Å². The molecule has 7 nitrogen and oxygen atoms in total.